The molecule has 1 heterocycles. The van der Waals surface area contributed by atoms with Crippen LogP contribution >= 0.6 is 23.5 Å². The van der Waals surface area contributed by atoms with Crippen LogP contribution in [0.4, 0.5) is 23.0 Å². The van der Waals surface area contributed by atoms with Crippen molar-refractivity contribution in [3.63, 3.8) is 0 Å². The Morgan fingerprint density at radius 1 is 1.00 bits per heavy atom. The van der Waals surface area contributed by atoms with Gasteiger partial charge in [-0.05, 0) is 61.5 Å². The lowest BCUT2D eigenvalue weighted by atomic mass is 10.3. The Hall–Kier alpha value is -2.13. The molecule has 0 saturated heterocycles. The Morgan fingerprint density at radius 3 is 2.37 bits per heavy atom. The van der Waals surface area contributed by atoms with Crippen LogP contribution in [0.1, 0.15) is 0 Å². The molecule has 0 aliphatic carbocycles. The van der Waals surface area contributed by atoms with Gasteiger partial charge in [-0.3, -0.25) is 8.93 Å². The van der Waals surface area contributed by atoms with Crippen LogP contribution in [0.15, 0.2) is 64.6 Å². The monoisotopic (exact) mass is 419 g/mol. The molecule has 0 radical (unpaired) electrons. The molecule has 3 rings (SSSR count). The van der Waals surface area contributed by atoms with Gasteiger partial charge in [0.1, 0.15) is 18.0 Å². The predicted molar refractivity (Wildman–Crippen MR) is 114 cm³/mol. The molecular formula is C18H18ClN5OS2. The molecule has 0 amide bonds. The summed E-state index contributed by atoms with van der Waals surface area (Å²) >= 11 is 7.39. The van der Waals surface area contributed by atoms with Gasteiger partial charge in [-0.15, -0.1) is 0 Å². The molecule has 9 heteroatoms. The van der Waals surface area contributed by atoms with Gasteiger partial charge in [0, 0.05) is 27.9 Å². The van der Waals surface area contributed by atoms with E-state index in [4.69, 9.17) is 11.6 Å². The fraction of sp³-hybridized carbons (Fsp3) is 0.111. The number of hydrogen-bond acceptors (Lipinski definition) is 7. The maximum absolute atomic E-state index is 12.1. The van der Waals surface area contributed by atoms with Crippen LogP contribution in [0.5, 0.6) is 0 Å². The van der Waals surface area contributed by atoms with Gasteiger partial charge < -0.3 is 10.6 Å². The first-order valence-electron chi connectivity index (χ1n) is 7.98. The Balaban J connectivity index is 1.84. The molecule has 1 aromatic heterocycles. The molecule has 3 N–H and O–H groups in total. The molecular weight excluding hydrogens is 402 g/mol. The van der Waals surface area contributed by atoms with Crippen molar-refractivity contribution in [2.75, 3.05) is 23.9 Å². The Kier molecular flexibility index (Phi) is 6.68. The summed E-state index contributed by atoms with van der Waals surface area (Å²) in [6.07, 6.45) is 3.12. The van der Waals surface area contributed by atoms with E-state index in [0.717, 1.165) is 16.3 Å². The summed E-state index contributed by atoms with van der Waals surface area (Å²) in [6.45, 7) is 0. The van der Waals surface area contributed by atoms with Crippen molar-refractivity contribution in [1.82, 2.24) is 14.7 Å². The fourth-order valence-corrected chi connectivity index (χ4v) is 3.71. The minimum absolute atomic E-state index is 0.597. The molecule has 0 bridgehead atoms. The van der Waals surface area contributed by atoms with Gasteiger partial charge in [0.05, 0.1) is 21.4 Å². The summed E-state index contributed by atoms with van der Waals surface area (Å²) in [5.74, 6) is 1.23. The second-order valence-electron chi connectivity index (χ2n) is 5.46. The topological polar surface area (TPSA) is 78.9 Å². The number of rotatable bonds is 7. The average molecular weight is 420 g/mol. The zero-order chi connectivity index (χ0) is 19.2. The van der Waals surface area contributed by atoms with E-state index >= 15 is 0 Å². The number of nitrogens with one attached hydrogen (secondary N) is 3. The molecule has 0 aliphatic rings. The zero-order valence-corrected chi connectivity index (χ0v) is 17.1. The fourth-order valence-electron chi connectivity index (χ4n) is 2.35. The van der Waals surface area contributed by atoms with Gasteiger partial charge >= 0.3 is 0 Å². The van der Waals surface area contributed by atoms with Gasteiger partial charge in [-0.1, -0.05) is 11.6 Å². The van der Waals surface area contributed by atoms with Gasteiger partial charge in [0.2, 0.25) is 0 Å². The maximum Gasteiger partial charge on any atom is 0.135 e. The first kappa shape index (κ1) is 19.6. The van der Waals surface area contributed by atoms with E-state index in [-0.39, 0.29) is 0 Å². The molecule has 1 unspecified atom stereocenters. The number of anilines is 4. The van der Waals surface area contributed by atoms with Crippen LogP contribution in [0.2, 0.25) is 5.02 Å². The van der Waals surface area contributed by atoms with E-state index in [1.165, 1.54) is 18.3 Å². The molecule has 1 atom stereocenters. The molecule has 0 fully saturated rings. The standard InChI is InChI=1S/C18H18ClN5OS2/c1-20-26-14-7-8-16(27(2)25)15(9-14)24-18-10-17(21-11-22-18)23-13-5-3-12(19)4-6-13/h3-11,20H,1-2H3,(H2,21,22,23,24). The number of halogens is 1. The Labute approximate surface area is 169 Å². The summed E-state index contributed by atoms with van der Waals surface area (Å²) < 4.78 is 15.1. The highest BCUT2D eigenvalue weighted by molar-refractivity contribution is 7.97. The van der Waals surface area contributed by atoms with E-state index in [1.807, 2.05) is 37.4 Å². The molecule has 2 aromatic carbocycles. The quantitative estimate of drug-likeness (QED) is 0.483. The zero-order valence-electron chi connectivity index (χ0n) is 14.7. The van der Waals surface area contributed by atoms with Crippen molar-refractivity contribution in [3.8, 4) is 0 Å². The van der Waals surface area contributed by atoms with E-state index in [2.05, 4.69) is 25.3 Å². The van der Waals surface area contributed by atoms with Crippen LogP contribution in [-0.4, -0.2) is 27.5 Å². The predicted octanol–water partition coefficient (Wildman–Crippen LogP) is 4.58. The van der Waals surface area contributed by atoms with Gasteiger partial charge in [-0.25, -0.2) is 9.97 Å². The molecule has 0 spiro atoms. The molecule has 0 saturated carbocycles. The Morgan fingerprint density at radius 2 is 1.70 bits per heavy atom. The van der Waals surface area contributed by atoms with E-state index in [9.17, 15) is 4.21 Å². The largest absolute Gasteiger partial charge is 0.340 e. The van der Waals surface area contributed by atoms with Crippen molar-refractivity contribution in [2.24, 2.45) is 0 Å². The molecule has 3 aromatic rings. The second kappa shape index (κ2) is 9.18. The molecule has 0 aliphatic heterocycles. The summed E-state index contributed by atoms with van der Waals surface area (Å²) in [5, 5.41) is 7.12. The third kappa shape index (κ3) is 5.43. The van der Waals surface area contributed by atoms with Crippen molar-refractivity contribution < 1.29 is 4.21 Å². The highest BCUT2D eigenvalue weighted by atomic mass is 35.5. The van der Waals surface area contributed by atoms with Gasteiger partial charge in [0.25, 0.3) is 0 Å². The lowest BCUT2D eigenvalue weighted by Gasteiger charge is -2.13. The van der Waals surface area contributed by atoms with Crippen molar-refractivity contribution in [2.45, 2.75) is 9.79 Å². The van der Waals surface area contributed by atoms with E-state index in [1.54, 1.807) is 24.5 Å². The smallest absolute Gasteiger partial charge is 0.135 e. The van der Waals surface area contributed by atoms with E-state index in [0.29, 0.717) is 21.6 Å². The first-order chi connectivity index (χ1) is 13.0. The third-order valence-corrected chi connectivity index (χ3v) is 5.45. The maximum atomic E-state index is 12.1. The summed E-state index contributed by atoms with van der Waals surface area (Å²) in [4.78, 5) is 10.2. The summed E-state index contributed by atoms with van der Waals surface area (Å²) in [5.41, 5.74) is 1.61. The van der Waals surface area contributed by atoms with Crippen LogP contribution < -0.4 is 15.4 Å². The highest BCUT2D eigenvalue weighted by Gasteiger charge is 2.10. The highest BCUT2D eigenvalue weighted by Crippen LogP contribution is 2.28. The van der Waals surface area contributed by atoms with Gasteiger partial charge in [0.15, 0.2) is 0 Å². The van der Waals surface area contributed by atoms with Crippen molar-refractivity contribution >= 4 is 57.4 Å². The number of aromatic nitrogens is 2. The molecule has 140 valence electrons. The SMILES string of the molecule is CNSc1ccc(S(C)=O)c(Nc2cc(Nc3ccc(Cl)cc3)ncn2)c1. The van der Waals surface area contributed by atoms with Crippen molar-refractivity contribution in [1.29, 1.82) is 0 Å². The summed E-state index contributed by atoms with van der Waals surface area (Å²) in [6, 6.07) is 14.8. The van der Waals surface area contributed by atoms with Crippen LogP contribution in [-0.2, 0) is 10.8 Å². The van der Waals surface area contributed by atoms with Crippen LogP contribution in [0, 0.1) is 0 Å². The minimum Gasteiger partial charge on any atom is -0.340 e. The normalized spacial score (nSPS) is 11.8. The molecule has 6 nitrogen and oxygen atoms in total. The first-order valence-corrected chi connectivity index (χ1v) is 10.7. The minimum atomic E-state index is -1.13. The lowest BCUT2D eigenvalue weighted by molar-refractivity contribution is 0.687. The third-order valence-electron chi connectivity index (χ3n) is 3.53. The Bertz CT molecular complexity index is 953. The number of hydrogen-bond donors (Lipinski definition) is 3. The van der Waals surface area contributed by atoms with Crippen LogP contribution in [0.25, 0.3) is 0 Å². The number of benzene rings is 2. The second-order valence-corrected chi connectivity index (χ2v) is 8.33. The number of nitrogens with zero attached hydrogens (tertiary/aromatic N) is 2. The van der Waals surface area contributed by atoms with Crippen LogP contribution in [0.3, 0.4) is 0 Å². The average Bonchev–Trinajstić information content (AvgIpc) is 2.64. The van der Waals surface area contributed by atoms with Crippen molar-refractivity contribution in [3.05, 3.63) is 59.9 Å². The van der Waals surface area contributed by atoms with Gasteiger partial charge in [-0.2, -0.15) is 0 Å². The lowest BCUT2D eigenvalue weighted by Crippen LogP contribution is -2.02. The summed E-state index contributed by atoms with van der Waals surface area (Å²) in [7, 11) is 0.721. The molecule has 27 heavy (non-hydrogen) atoms. The van der Waals surface area contributed by atoms with E-state index < -0.39 is 10.8 Å².